The lowest BCUT2D eigenvalue weighted by Gasteiger charge is -2.34. The van der Waals surface area contributed by atoms with Gasteiger partial charge in [-0.05, 0) is 32.1 Å². The summed E-state index contributed by atoms with van der Waals surface area (Å²) in [6.07, 6.45) is 9.52. The molecule has 1 heterocycles. The highest BCUT2D eigenvalue weighted by atomic mass is 16.2. The van der Waals surface area contributed by atoms with Crippen LogP contribution in [0.4, 0.5) is 0 Å². The van der Waals surface area contributed by atoms with Crippen molar-refractivity contribution in [2.24, 2.45) is 0 Å². The van der Waals surface area contributed by atoms with Crippen molar-refractivity contribution in [3.63, 3.8) is 0 Å². The minimum atomic E-state index is 0.352. The van der Waals surface area contributed by atoms with E-state index in [4.69, 9.17) is 0 Å². The van der Waals surface area contributed by atoms with Gasteiger partial charge in [-0.25, -0.2) is 0 Å². The number of hydrogen-bond acceptors (Lipinski definition) is 2. The fourth-order valence-corrected chi connectivity index (χ4v) is 3.14. The van der Waals surface area contributed by atoms with E-state index in [0.29, 0.717) is 11.9 Å². The van der Waals surface area contributed by atoms with Crippen LogP contribution >= 0.6 is 0 Å². The Kier molecular flexibility index (Phi) is 4.84. The lowest BCUT2D eigenvalue weighted by molar-refractivity contribution is -0.132. The van der Waals surface area contributed by atoms with Gasteiger partial charge in [0.2, 0.25) is 5.91 Å². The zero-order valence-electron chi connectivity index (χ0n) is 11.1. The lowest BCUT2D eigenvalue weighted by atomic mass is 10.0. The van der Waals surface area contributed by atoms with Gasteiger partial charge in [0.25, 0.3) is 0 Å². The second-order valence-corrected chi connectivity index (χ2v) is 5.58. The Morgan fingerprint density at radius 3 is 2.59 bits per heavy atom. The Morgan fingerprint density at radius 1 is 1.18 bits per heavy atom. The molecule has 2 aliphatic rings. The topological polar surface area (TPSA) is 32.3 Å². The van der Waals surface area contributed by atoms with Crippen LogP contribution in [0, 0.1) is 0 Å². The van der Waals surface area contributed by atoms with Gasteiger partial charge in [-0.2, -0.15) is 0 Å². The van der Waals surface area contributed by atoms with Crippen LogP contribution in [0.3, 0.4) is 0 Å². The third kappa shape index (κ3) is 3.70. The Balaban J connectivity index is 1.77. The predicted octanol–water partition coefficient (Wildman–Crippen LogP) is 2.31. The largest absolute Gasteiger partial charge is 0.341 e. The Bertz CT molecular complexity index is 249. The molecule has 98 valence electrons. The van der Waals surface area contributed by atoms with E-state index in [-0.39, 0.29) is 0 Å². The second kappa shape index (κ2) is 6.39. The molecule has 2 fully saturated rings. The number of nitrogens with one attached hydrogen (secondary N) is 1. The van der Waals surface area contributed by atoms with Gasteiger partial charge in [0.15, 0.2) is 0 Å². The lowest BCUT2D eigenvalue weighted by Crippen LogP contribution is -2.50. The first-order valence-electron chi connectivity index (χ1n) is 7.33. The standard InChI is InChI=1S/C14H26N2O/c1-2-6-14(17)16-10-5-9-13(11-16)15-12-7-3-4-8-12/h12-13,15H,2-11H2,1H3. The molecule has 1 saturated heterocycles. The number of carbonyl (C=O) groups excluding carboxylic acids is 1. The third-order valence-electron chi connectivity index (χ3n) is 4.06. The van der Waals surface area contributed by atoms with E-state index < -0.39 is 0 Å². The molecule has 1 saturated carbocycles. The monoisotopic (exact) mass is 238 g/mol. The molecular weight excluding hydrogens is 212 g/mol. The average molecular weight is 238 g/mol. The van der Waals surface area contributed by atoms with Gasteiger partial charge in [0, 0.05) is 31.6 Å². The number of rotatable bonds is 4. The van der Waals surface area contributed by atoms with Crippen LogP contribution in [0.2, 0.25) is 0 Å². The van der Waals surface area contributed by atoms with Crippen LogP contribution in [0.1, 0.15) is 58.3 Å². The highest BCUT2D eigenvalue weighted by molar-refractivity contribution is 5.76. The number of piperidine rings is 1. The van der Waals surface area contributed by atoms with Gasteiger partial charge >= 0.3 is 0 Å². The quantitative estimate of drug-likeness (QED) is 0.815. The predicted molar refractivity (Wildman–Crippen MR) is 69.9 cm³/mol. The molecule has 0 radical (unpaired) electrons. The number of hydrogen-bond donors (Lipinski definition) is 1. The summed E-state index contributed by atoms with van der Waals surface area (Å²) >= 11 is 0. The summed E-state index contributed by atoms with van der Waals surface area (Å²) in [4.78, 5) is 13.9. The van der Waals surface area contributed by atoms with Crippen molar-refractivity contribution in [1.29, 1.82) is 0 Å². The minimum absolute atomic E-state index is 0.352. The summed E-state index contributed by atoms with van der Waals surface area (Å²) in [5.74, 6) is 0.352. The molecule has 0 bridgehead atoms. The molecule has 1 aliphatic heterocycles. The summed E-state index contributed by atoms with van der Waals surface area (Å²) in [7, 11) is 0. The summed E-state index contributed by atoms with van der Waals surface area (Å²) in [6.45, 7) is 3.99. The Hall–Kier alpha value is -0.570. The van der Waals surface area contributed by atoms with Crippen molar-refractivity contribution in [2.45, 2.75) is 70.4 Å². The first kappa shape index (κ1) is 12.9. The van der Waals surface area contributed by atoms with Crippen molar-refractivity contribution in [3.8, 4) is 0 Å². The summed E-state index contributed by atoms with van der Waals surface area (Å²) in [6, 6.07) is 1.27. The highest BCUT2D eigenvalue weighted by Crippen LogP contribution is 2.20. The van der Waals surface area contributed by atoms with Crippen molar-refractivity contribution >= 4 is 5.91 Å². The second-order valence-electron chi connectivity index (χ2n) is 5.58. The van der Waals surface area contributed by atoms with Crippen LogP contribution in [-0.4, -0.2) is 36.0 Å². The van der Waals surface area contributed by atoms with Crippen LogP contribution in [0.5, 0.6) is 0 Å². The molecule has 0 aromatic rings. The molecule has 1 unspecified atom stereocenters. The third-order valence-corrected chi connectivity index (χ3v) is 4.06. The van der Waals surface area contributed by atoms with E-state index in [1.807, 2.05) is 0 Å². The van der Waals surface area contributed by atoms with Crippen molar-refractivity contribution in [1.82, 2.24) is 10.2 Å². The molecule has 0 spiro atoms. The van der Waals surface area contributed by atoms with Gasteiger partial charge in [-0.3, -0.25) is 4.79 Å². The van der Waals surface area contributed by atoms with Crippen molar-refractivity contribution in [2.75, 3.05) is 13.1 Å². The molecule has 0 aromatic carbocycles. The number of amides is 1. The van der Waals surface area contributed by atoms with E-state index in [0.717, 1.165) is 32.0 Å². The van der Waals surface area contributed by atoms with Crippen LogP contribution in [-0.2, 0) is 4.79 Å². The van der Waals surface area contributed by atoms with Gasteiger partial charge in [0.1, 0.15) is 0 Å². The molecule has 17 heavy (non-hydrogen) atoms. The highest BCUT2D eigenvalue weighted by Gasteiger charge is 2.25. The zero-order valence-corrected chi connectivity index (χ0v) is 11.1. The Morgan fingerprint density at radius 2 is 1.88 bits per heavy atom. The fraction of sp³-hybridized carbons (Fsp3) is 0.929. The minimum Gasteiger partial charge on any atom is -0.341 e. The van der Waals surface area contributed by atoms with Crippen LogP contribution < -0.4 is 5.32 Å². The first-order chi connectivity index (χ1) is 8.29. The molecule has 2 rings (SSSR count). The van der Waals surface area contributed by atoms with E-state index in [9.17, 15) is 4.79 Å². The van der Waals surface area contributed by atoms with Crippen LogP contribution in [0.15, 0.2) is 0 Å². The maximum Gasteiger partial charge on any atom is 0.222 e. The molecule has 1 atom stereocenters. The number of nitrogens with zero attached hydrogens (tertiary/aromatic N) is 1. The van der Waals surface area contributed by atoms with E-state index in [1.165, 1.54) is 38.5 Å². The number of likely N-dealkylation sites (tertiary alicyclic amines) is 1. The zero-order chi connectivity index (χ0) is 12.1. The summed E-state index contributed by atoms with van der Waals surface area (Å²) in [5, 5.41) is 3.75. The van der Waals surface area contributed by atoms with Gasteiger partial charge in [0.05, 0.1) is 0 Å². The molecular formula is C14H26N2O. The van der Waals surface area contributed by atoms with Crippen molar-refractivity contribution in [3.05, 3.63) is 0 Å². The maximum absolute atomic E-state index is 11.9. The first-order valence-corrected chi connectivity index (χ1v) is 7.33. The maximum atomic E-state index is 11.9. The summed E-state index contributed by atoms with van der Waals surface area (Å²) in [5.41, 5.74) is 0. The van der Waals surface area contributed by atoms with Gasteiger partial charge in [-0.15, -0.1) is 0 Å². The molecule has 1 aliphatic carbocycles. The molecule has 3 nitrogen and oxygen atoms in total. The molecule has 0 aromatic heterocycles. The molecule has 3 heteroatoms. The van der Waals surface area contributed by atoms with Gasteiger partial charge < -0.3 is 10.2 Å². The molecule has 1 amide bonds. The smallest absolute Gasteiger partial charge is 0.222 e. The Labute approximate surface area is 105 Å². The van der Waals surface area contributed by atoms with E-state index >= 15 is 0 Å². The SMILES string of the molecule is CCCC(=O)N1CCCC(NC2CCCC2)C1. The van der Waals surface area contributed by atoms with Crippen molar-refractivity contribution < 1.29 is 4.79 Å². The van der Waals surface area contributed by atoms with E-state index in [2.05, 4.69) is 17.1 Å². The van der Waals surface area contributed by atoms with Crippen LogP contribution in [0.25, 0.3) is 0 Å². The number of carbonyl (C=O) groups is 1. The average Bonchev–Trinajstić information content (AvgIpc) is 2.82. The summed E-state index contributed by atoms with van der Waals surface area (Å²) < 4.78 is 0. The van der Waals surface area contributed by atoms with Gasteiger partial charge in [-0.1, -0.05) is 19.8 Å². The fourth-order valence-electron chi connectivity index (χ4n) is 3.14. The van der Waals surface area contributed by atoms with E-state index in [1.54, 1.807) is 0 Å². The molecule has 1 N–H and O–H groups in total. The normalized spacial score (nSPS) is 26.4.